The van der Waals surface area contributed by atoms with Crippen molar-refractivity contribution < 1.29 is 0 Å². The Labute approximate surface area is 299 Å². The zero-order valence-corrected chi connectivity index (χ0v) is 28.0. The predicted octanol–water partition coefficient (Wildman–Crippen LogP) is 12.3. The van der Waals surface area contributed by atoms with Crippen LogP contribution in [0.4, 0.5) is 0 Å². The highest BCUT2D eigenvalue weighted by atomic mass is 15.1. The van der Waals surface area contributed by atoms with Gasteiger partial charge in [-0.05, 0) is 113 Å². The normalized spacial score (nSPS) is 11.8. The van der Waals surface area contributed by atoms with Gasteiger partial charge in [0, 0.05) is 23.2 Å². The van der Waals surface area contributed by atoms with Crippen LogP contribution in [0.15, 0.2) is 170 Å². The van der Waals surface area contributed by atoms with Gasteiger partial charge in [-0.2, -0.15) is 0 Å². The largest absolute Gasteiger partial charge is 0.255 e. The summed E-state index contributed by atoms with van der Waals surface area (Å²) in [5, 5.41) is 24.1. The van der Waals surface area contributed by atoms with Crippen LogP contribution in [0, 0.1) is 0 Å². The molecule has 0 unspecified atom stereocenters. The van der Waals surface area contributed by atoms with Crippen molar-refractivity contribution in [2.45, 2.75) is 0 Å². The molecule has 0 radical (unpaired) electrons. The molecule has 4 nitrogen and oxygen atoms in total. The first-order valence-corrected chi connectivity index (χ1v) is 17.6. The molecule has 0 spiro atoms. The lowest BCUT2D eigenvalue weighted by atomic mass is 9.79. The summed E-state index contributed by atoms with van der Waals surface area (Å²) < 4.78 is 0. The molecule has 0 N–H and O–H groups in total. The molecule has 0 saturated carbocycles. The van der Waals surface area contributed by atoms with Gasteiger partial charge in [0.15, 0.2) is 0 Å². The second-order valence-electron chi connectivity index (χ2n) is 13.4. The van der Waals surface area contributed by atoms with Crippen LogP contribution in [0.1, 0.15) is 0 Å². The van der Waals surface area contributed by atoms with Crippen molar-refractivity contribution in [2.75, 3.05) is 0 Å². The summed E-state index contributed by atoms with van der Waals surface area (Å²) in [5.74, 6) is 0. The number of nitrogens with zero attached hydrogens (tertiary/aromatic N) is 4. The lowest BCUT2D eigenvalue weighted by Crippen LogP contribution is -1.99. The van der Waals surface area contributed by atoms with Gasteiger partial charge >= 0.3 is 0 Å². The summed E-state index contributed by atoms with van der Waals surface area (Å²) in [6, 6.07) is 56.3. The van der Waals surface area contributed by atoms with E-state index in [0.717, 1.165) is 55.4 Å². The highest BCUT2D eigenvalue weighted by molar-refractivity contribution is 6.41. The van der Waals surface area contributed by atoms with Crippen LogP contribution in [0.25, 0.3) is 110 Å². The first kappa shape index (κ1) is 28.8. The average molecular weight is 661 g/mol. The van der Waals surface area contributed by atoms with E-state index in [4.69, 9.17) is 20.2 Å². The van der Waals surface area contributed by atoms with Gasteiger partial charge in [-0.25, -0.2) is 0 Å². The molecule has 52 heavy (non-hydrogen) atoms. The van der Waals surface area contributed by atoms with Gasteiger partial charge < -0.3 is 0 Å². The standard InChI is InChI=1S/C48H28N4/c1-3-13-29(14-4-1)43-35-27-37-38(48(40-22-8-10-26-50-40)52-51-47(37)39-21-7-9-25-49-39)28-36(35)44(30-15-5-2-6-16-30)46-34-20-12-18-32-24-23-31-17-11-19-33(45(43)46)41(31)42(32)34/h1-28H. The molecule has 0 fully saturated rings. The van der Waals surface area contributed by atoms with Crippen molar-refractivity contribution in [2.24, 2.45) is 0 Å². The third-order valence-electron chi connectivity index (χ3n) is 10.6. The van der Waals surface area contributed by atoms with E-state index in [-0.39, 0.29) is 0 Å². The van der Waals surface area contributed by atoms with Crippen LogP contribution in [0.3, 0.4) is 0 Å². The van der Waals surface area contributed by atoms with Crippen LogP contribution in [0.5, 0.6) is 0 Å². The third-order valence-corrected chi connectivity index (χ3v) is 10.6. The molecule has 3 heterocycles. The third kappa shape index (κ3) is 4.15. The lowest BCUT2D eigenvalue weighted by molar-refractivity contribution is 1.04. The Morgan fingerprint density at radius 1 is 0.308 bits per heavy atom. The Hall–Kier alpha value is -7.04. The zero-order valence-electron chi connectivity index (χ0n) is 28.0. The minimum atomic E-state index is 0.743. The van der Waals surface area contributed by atoms with E-state index < -0.39 is 0 Å². The van der Waals surface area contributed by atoms with Gasteiger partial charge in [-0.1, -0.05) is 121 Å². The van der Waals surface area contributed by atoms with Crippen molar-refractivity contribution in [1.29, 1.82) is 0 Å². The van der Waals surface area contributed by atoms with E-state index in [9.17, 15) is 0 Å². The van der Waals surface area contributed by atoms with Crippen LogP contribution < -0.4 is 0 Å². The van der Waals surface area contributed by atoms with Gasteiger partial charge in [-0.3, -0.25) is 9.97 Å². The molecule has 4 heteroatoms. The Morgan fingerprint density at radius 2 is 0.750 bits per heavy atom. The van der Waals surface area contributed by atoms with Crippen LogP contribution in [-0.2, 0) is 0 Å². The first-order chi connectivity index (χ1) is 25.8. The maximum atomic E-state index is 4.87. The van der Waals surface area contributed by atoms with E-state index in [1.165, 1.54) is 54.2 Å². The molecule has 0 saturated heterocycles. The van der Waals surface area contributed by atoms with E-state index in [1.54, 1.807) is 0 Å². The van der Waals surface area contributed by atoms with Crippen molar-refractivity contribution >= 4 is 64.6 Å². The molecular formula is C48H28N4. The van der Waals surface area contributed by atoms with E-state index in [1.807, 2.05) is 48.8 Å². The smallest absolute Gasteiger partial charge is 0.119 e. The van der Waals surface area contributed by atoms with Crippen molar-refractivity contribution in [3.8, 4) is 45.0 Å². The van der Waals surface area contributed by atoms with Gasteiger partial charge in [0.2, 0.25) is 0 Å². The summed E-state index contributed by atoms with van der Waals surface area (Å²) in [7, 11) is 0. The number of aromatic nitrogens is 4. The zero-order chi connectivity index (χ0) is 34.2. The molecule has 8 aromatic carbocycles. The fourth-order valence-corrected chi connectivity index (χ4v) is 8.44. The number of pyridine rings is 2. The number of fused-ring (bicyclic) bond motifs is 5. The molecule has 0 aliphatic carbocycles. The van der Waals surface area contributed by atoms with Gasteiger partial charge in [0.1, 0.15) is 11.4 Å². The Kier molecular flexibility index (Phi) is 6.22. The minimum Gasteiger partial charge on any atom is -0.255 e. The van der Waals surface area contributed by atoms with E-state index >= 15 is 0 Å². The first-order valence-electron chi connectivity index (χ1n) is 17.6. The highest BCUT2D eigenvalue weighted by Gasteiger charge is 2.25. The van der Waals surface area contributed by atoms with Gasteiger partial charge in [0.05, 0.1) is 11.4 Å². The molecule has 3 aromatic heterocycles. The van der Waals surface area contributed by atoms with Gasteiger partial charge in [0.25, 0.3) is 0 Å². The monoisotopic (exact) mass is 660 g/mol. The summed E-state index contributed by atoms with van der Waals surface area (Å²) in [5.41, 5.74) is 7.78. The summed E-state index contributed by atoms with van der Waals surface area (Å²) in [6.07, 6.45) is 3.63. The molecule has 11 rings (SSSR count). The number of rotatable bonds is 4. The second kappa shape index (κ2) is 11.2. The molecular weight excluding hydrogens is 633 g/mol. The molecule has 0 bridgehead atoms. The second-order valence-corrected chi connectivity index (χ2v) is 13.4. The lowest BCUT2D eigenvalue weighted by Gasteiger charge is -2.23. The quantitative estimate of drug-likeness (QED) is 0.139. The van der Waals surface area contributed by atoms with Crippen molar-refractivity contribution in [3.63, 3.8) is 0 Å². The molecule has 240 valence electrons. The van der Waals surface area contributed by atoms with Crippen LogP contribution in [0.2, 0.25) is 0 Å². The number of benzene rings is 8. The van der Waals surface area contributed by atoms with Crippen LogP contribution in [-0.4, -0.2) is 20.2 Å². The topological polar surface area (TPSA) is 51.6 Å². The molecule has 0 aliphatic rings. The highest BCUT2D eigenvalue weighted by Crippen LogP contribution is 2.52. The number of hydrogen-bond acceptors (Lipinski definition) is 4. The Balaban J connectivity index is 1.47. The molecule has 0 aliphatic heterocycles. The fraction of sp³-hybridized carbons (Fsp3) is 0. The average Bonchev–Trinajstić information content (AvgIpc) is 3.22. The Bertz CT molecular complexity index is 2930. The molecule has 0 atom stereocenters. The number of hydrogen-bond donors (Lipinski definition) is 0. The van der Waals surface area contributed by atoms with Gasteiger partial charge in [-0.15, -0.1) is 10.2 Å². The molecule has 11 aromatic rings. The van der Waals surface area contributed by atoms with Crippen molar-refractivity contribution in [1.82, 2.24) is 20.2 Å². The summed E-state index contributed by atoms with van der Waals surface area (Å²) in [6.45, 7) is 0. The maximum absolute atomic E-state index is 4.87. The maximum Gasteiger partial charge on any atom is 0.119 e. The molecule has 0 amide bonds. The minimum absolute atomic E-state index is 0.743. The Morgan fingerprint density at radius 3 is 1.17 bits per heavy atom. The summed E-state index contributed by atoms with van der Waals surface area (Å²) in [4.78, 5) is 9.50. The van der Waals surface area contributed by atoms with E-state index in [2.05, 4.69) is 121 Å². The van der Waals surface area contributed by atoms with Crippen LogP contribution >= 0.6 is 0 Å². The van der Waals surface area contributed by atoms with E-state index in [0.29, 0.717) is 0 Å². The predicted molar refractivity (Wildman–Crippen MR) is 216 cm³/mol. The fourth-order valence-electron chi connectivity index (χ4n) is 8.44. The SMILES string of the molecule is c1ccc(-c2c3cc4c(-c5ccccn5)nnc(-c5ccccn5)c4cc3c(-c3ccccc3)c3c4cccc5ccc6cccc(c23)c6c54)cc1. The van der Waals surface area contributed by atoms with Crippen molar-refractivity contribution in [3.05, 3.63) is 170 Å². The summed E-state index contributed by atoms with van der Waals surface area (Å²) >= 11 is 0.